The van der Waals surface area contributed by atoms with Gasteiger partial charge < -0.3 is 5.32 Å². The molecule has 1 nitrogen and oxygen atoms in total. The van der Waals surface area contributed by atoms with Crippen LogP contribution < -0.4 is 5.32 Å². The van der Waals surface area contributed by atoms with E-state index in [0.717, 1.165) is 6.54 Å². The minimum Gasteiger partial charge on any atom is -0.384 e. The predicted molar refractivity (Wildman–Crippen MR) is 75.8 cm³/mol. The third-order valence-electron chi connectivity index (χ3n) is 3.84. The molecule has 1 aromatic rings. The molecule has 0 saturated heterocycles. The smallest absolute Gasteiger partial charge is 0.0376 e. The van der Waals surface area contributed by atoms with Crippen molar-refractivity contribution < 1.29 is 0 Å². The summed E-state index contributed by atoms with van der Waals surface area (Å²) in [6.07, 6.45) is 0. The summed E-state index contributed by atoms with van der Waals surface area (Å²) in [5.41, 5.74) is 4.84. The molecule has 1 heteroatoms. The van der Waals surface area contributed by atoms with Crippen molar-refractivity contribution in [2.75, 3.05) is 11.9 Å². The van der Waals surface area contributed by atoms with Gasteiger partial charge in [-0.15, -0.1) is 0 Å². The summed E-state index contributed by atoms with van der Waals surface area (Å²) in [6.45, 7) is 14.9. The quantitative estimate of drug-likeness (QED) is 0.691. The van der Waals surface area contributed by atoms with Crippen molar-refractivity contribution in [3.8, 4) is 0 Å². The molecule has 1 N–H and O–H groups in total. The highest BCUT2D eigenvalue weighted by atomic mass is 14.9. The van der Waals surface area contributed by atoms with Crippen LogP contribution in [0, 0.1) is 5.41 Å². The van der Waals surface area contributed by atoms with Crippen molar-refractivity contribution in [1.82, 2.24) is 0 Å². The Morgan fingerprint density at radius 3 is 2.24 bits per heavy atom. The molecule has 0 amide bonds. The van der Waals surface area contributed by atoms with Crippen molar-refractivity contribution in [1.29, 1.82) is 0 Å². The molecule has 2 rings (SSSR count). The molecule has 94 valence electrons. The third kappa shape index (κ3) is 2.34. The first-order valence-corrected chi connectivity index (χ1v) is 6.58. The molecule has 0 fully saturated rings. The Kier molecular flexibility index (Phi) is 2.76. The molecule has 0 saturated carbocycles. The largest absolute Gasteiger partial charge is 0.384 e. The number of anilines is 1. The SMILES string of the molecule is CC(C)(C)c1ccc2c(c1)C(C(C)(C)C)CN2. The lowest BCUT2D eigenvalue weighted by molar-refractivity contribution is 0.339. The summed E-state index contributed by atoms with van der Waals surface area (Å²) >= 11 is 0. The number of fused-ring (bicyclic) bond motifs is 1. The maximum Gasteiger partial charge on any atom is 0.0376 e. The van der Waals surface area contributed by atoms with Gasteiger partial charge >= 0.3 is 0 Å². The van der Waals surface area contributed by atoms with Crippen LogP contribution in [-0.2, 0) is 5.41 Å². The molecule has 1 aromatic carbocycles. The Morgan fingerprint density at radius 1 is 1.06 bits per heavy atom. The minimum atomic E-state index is 0.236. The molecule has 1 atom stereocenters. The maximum atomic E-state index is 3.54. The van der Waals surface area contributed by atoms with E-state index < -0.39 is 0 Å². The fourth-order valence-corrected chi connectivity index (χ4v) is 2.57. The minimum absolute atomic E-state index is 0.236. The summed E-state index contributed by atoms with van der Waals surface area (Å²) in [5.74, 6) is 0.625. The van der Waals surface area contributed by atoms with E-state index in [1.54, 1.807) is 0 Å². The highest BCUT2D eigenvalue weighted by Crippen LogP contribution is 2.44. The molecule has 1 heterocycles. The molecule has 0 aliphatic carbocycles. The molecule has 0 bridgehead atoms. The monoisotopic (exact) mass is 231 g/mol. The molecular formula is C16H25N. The van der Waals surface area contributed by atoms with Gasteiger partial charge in [-0.2, -0.15) is 0 Å². The second kappa shape index (κ2) is 3.76. The summed E-state index contributed by atoms with van der Waals surface area (Å²) in [4.78, 5) is 0. The maximum absolute atomic E-state index is 3.54. The number of benzene rings is 1. The molecular weight excluding hydrogens is 206 g/mol. The Labute approximate surface area is 106 Å². The fraction of sp³-hybridized carbons (Fsp3) is 0.625. The zero-order valence-electron chi connectivity index (χ0n) is 12.0. The lowest BCUT2D eigenvalue weighted by atomic mass is 9.76. The van der Waals surface area contributed by atoms with Gasteiger partial charge in [0.1, 0.15) is 0 Å². The first kappa shape index (κ1) is 12.5. The van der Waals surface area contributed by atoms with Gasteiger partial charge in [0.15, 0.2) is 0 Å². The molecule has 1 unspecified atom stereocenters. The predicted octanol–water partition coefficient (Wildman–Crippen LogP) is 4.54. The van der Waals surface area contributed by atoms with Gasteiger partial charge in [0.05, 0.1) is 0 Å². The molecule has 1 aliphatic rings. The lowest BCUT2D eigenvalue weighted by Crippen LogP contribution is -2.20. The Bertz CT molecular complexity index is 418. The van der Waals surface area contributed by atoms with E-state index in [4.69, 9.17) is 0 Å². The van der Waals surface area contributed by atoms with Crippen molar-refractivity contribution in [2.24, 2.45) is 5.41 Å². The van der Waals surface area contributed by atoms with Crippen LogP contribution in [0.25, 0.3) is 0 Å². The highest BCUT2D eigenvalue weighted by molar-refractivity contribution is 5.60. The average Bonchev–Trinajstić information content (AvgIpc) is 2.57. The van der Waals surface area contributed by atoms with Crippen LogP contribution in [0.1, 0.15) is 58.6 Å². The first-order chi connectivity index (χ1) is 7.69. The Hall–Kier alpha value is -0.980. The van der Waals surface area contributed by atoms with E-state index in [9.17, 15) is 0 Å². The number of hydrogen-bond acceptors (Lipinski definition) is 1. The highest BCUT2D eigenvalue weighted by Gasteiger charge is 2.32. The van der Waals surface area contributed by atoms with E-state index >= 15 is 0 Å². The van der Waals surface area contributed by atoms with Crippen LogP contribution in [0.15, 0.2) is 18.2 Å². The summed E-state index contributed by atoms with van der Waals surface area (Å²) < 4.78 is 0. The van der Waals surface area contributed by atoms with Crippen molar-refractivity contribution in [3.05, 3.63) is 29.3 Å². The van der Waals surface area contributed by atoms with E-state index in [1.165, 1.54) is 16.8 Å². The normalized spacial score (nSPS) is 20.0. The number of nitrogens with one attached hydrogen (secondary N) is 1. The zero-order chi connectivity index (χ0) is 12.8. The van der Waals surface area contributed by atoms with Gasteiger partial charge in [-0.05, 0) is 28.0 Å². The van der Waals surface area contributed by atoms with E-state index in [-0.39, 0.29) is 5.41 Å². The van der Waals surface area contributed by atoms with Crippen LogP contribution in [-0.4, -0.2) is 6.54 Å². The van der Waals surface area contributed by atoms with Crippen LogP contribution in [0.2, 0.25) is 0 Å². The third-order valence-corrected chi connectivity index (χ3v) is 3.84. The number of rotatable bonds is 0. The molecule has 17 heavy (non-hydrogen) atoms. The average molecular weight is 231 g/mol. The van der Waals surface area contributed by atoms with Crippen LogP contribution in [0.3, 0.4) is 0 Å². The van der Waals surface area contributed by atoms with Gasteiger partial charge in [-0.3, -0.25) is 0 Å². The Morgan fingerprint density at radius 2 is 1.71 bits per heavy atom. The van der Waals surface area contributed by atoms with Crippen molar-refractivity contribution in [2.45, 2.75) is 52.9 Å². The van der Waals surface area contributed by atoms with Gasteiger partial charge in [0.2, 0.25) is 0 Å². The molecule has 0 aromatic heterocycles. The van der Waals surface area contributed by atoms with Crippen LogP contribution in [0.4, 0.5) is 5.69 Å². The fourth-order valence-electron chi connectivity index (χ4n) is 2.57. The second-order valence-corrected chi connectivity index (χ2v) is 7.35. The second-order valence-electron chi connectivity index (χ2n) is 7.35. The first-order valence-electron chi connectivity index (χ1n) is 6.58. The Balaban J connectivity index is 2.45. The number of hydrogen-bond donors (Lipinski definition) is 1. The van der Waals surface area contributed by atoms with Gasteiger partial charge in [-0.25, -0.2) is 0 Å². The van der Waals surface area contributed by atoms with Crippen LogP contribution >= 0.6 is 0 Å². The van der Waals surface area contributed by atoms with Gasteiger partial charge in [-0.1, -0.05) is 53.7 Å². The van der Waals surface area contributed by atoms with Crippen molar-refractivity contribution in [3.63, 3.8) is 0 Å². The molecule has 0 spiro atoms. The summed E-state index contributed by atoms with van der Waals surface area (Å²) in [6, 6.07) is 6.92. The van der Waals surface area contributed by atoms with E-state index in [1.807, 2.05) is 0 Å². The topological polar surface area (TPSA) is 12.0 Å². The zero-order valence-corrected chi connectivity index (χ0v) is 12.0. The molecule has 0 radical (unpaired) electrons. The van der Waals surface area contributed by atoms with Crippen molar-refractivity contribution >= 4 is 5.69 Å². The standard InChI is InChI=1S/C16H25N/c1-15(2,3)11-7-8-14-12(9-11)13(10-17-14)16(4,5)6/h7-9,13,17H,10H2,1-6H3. The van der Waals surface area contributed by atoms with Crippen LogP contribution in [0.5, 0.6) is 0 Å². The summed E-state index contributed by atoms with van der Waals surface area (Å²) in [7, 11) is 0. The van der Waals surface area contributed by atoms with E-state index in [0.29, 0.717) is 11.3 Å². The van der Waals surface area contributed by atoms with Gasteiger partial charge in [0, 0.05) is 18.2 Å². The van der Waals surface area contributed by atoms with Gasteiger partial charge in [0.25, 0.3) is 0 Å². The van der Waals surface area contributed by atoms with E-state index in [2.05, 4.69) is 65.1 Å². The lowest BCUT2D eigenvalue weighted by Gasteiger charge is -2.28. The summed E-state index contributed by atoms with van der Waals surface area (Å²) in [5, 5.41) is 3.54. The molecule has 1 aliphatic heterocycles.